The minimum atomic E-state index is -3.20. The molecule has 206 valence electrons. The van der Waals surface area contributed by atoms with E-state index in [1.165, 1.54) is 23.2 Å². The largest absolute Gasteiger partial charge is 0.434 e. The molecule has 1 fully saturated rings. The number of hydrogen-bond acceptors (Lipinski definition) is 8. The fourth-order valence-electron chi connectivity index (χ4n) is 4.29. The van der Waals surface area contributed by atoms with Gasteiger partial charge in [-0.3, -0.25) is 9.48 Å². The Bertz CT molecular complexity index is 1220. The Hall–Kier alpha value is -2.51. The number of anilines is 1. The highest BCUT2D eigenvalue weighted by Gasteiger charge is 2.37. The van der Waals surface area contributed by atoms with Crippen LogP contribution in [0.4, 0.5) is 14.6 Å². The van der Waals surface area contributed by atoms with Crippen molar-refractivity contribution in [1.82, 2.24) is 20.1 Å². The number of amides is 1. The summed E-state index contributed by atoms with van der Waals surface area (Å²) in [4.78, 5) is 17.2. The molecule has 1 aliphatic rings. The van der Waals surface area contributed by atoms with Crippen molar-refractivity contribution in [1.29, 1.82) is 0 Å². The van der Waals surface area contributed by atoms with Crippen molar-refractivity contribution in [2.45, 2.75) is 70.0 Å². The number of aromatic nitrogens is 3. The average Bonchev–Trinajstić information content (AvgIpc) is 3.17. The molecule has 1 aliphatic carbocycles. The van der Waals surface area contributed by atoms with Crippen LogP contribution in [0.3, 0.4) is 0 Å². The minimum Gasteiger partial charge on any atom is -0.434 e. The van der Waals surface area contributed by atoms with Crippen molar-refractivity contribution in [3.8, 4) is 17.0 Å². The number of pyridine rings is 1. The lowest BCUT2D eigenvalue weighted by atomic mass is 9.84. The number of alkyl halides is 2. The zero-order valence-corrected chi connectivity index (χ0v) is 22.5. The lowest BCUT2D eigenvalue weighted by Crippen LogP contribution is -2.47. The lowest BCUT2D eigenvalue weighted by Gasteiger charge is -2.35. The van der Waals surface area contributed by atoms with Gasteiger partial charge in [-0.05, 0) is 39.0 Å². The fraction of sp³-hybridized carbons (Fsp3) is 0.609. The van der Waals surface area contributed by atoms with E-state index in [-0.39, 0.29) is 53.7 Å². The summed E-state index contributed by atoms with van der Waals surface area (Å²) in [6, 6.07) is 1.34. The van der Waals surface area contributed by atoms with E-state index in [0.29, 0.717) is 25.2 Å². The maximum absolute atomic E-state index is 13.2. The number of hydrogen-bond donors (Lipinski definition) is 3. The molecule has 0 unspecified atom stereocenters. The molecule has 0 spiro atoms. The molecule has 0 aromatic carbocycles. The standard InChI is InChI=1S/C23H32ClF2N5O5S/c1-4-10-27-17-11-16(36-22(25)26)15(12-28-17)20-18(24)19(30-31(20)5-2)21(32)29-13-23(33)8-6-14(7-9-23)37(3,34)35/h11-12,14,22,33H,4-10,13H2,1-3H3,(H,27,28)(H,29,32). The molecular weight excluding hydrogens is 532 g/mol. The van der Waals surface area contributed by atoms with E-state index < -0.39 is 33.2 Å². The Balaban J connectivity index is 1.83. The van der Waals surface area contributed by atoms with Crippen LogP contribution in [0.1, 0.15) is 56.4 Å². The number of nitrogens with zero attached hydrogens (tertiary/aromatic N) is 3. The summed E-state index contributed by atoms with van der Waals surface area (Å²) in [6.45, 7) is 1.33. The van der Waals surface area contributed by atoms with Gasteiger partial charge in [0.1, 0.15) is 21.4 Å². The van der Waals surface area contributed by atoms with Crippen LogP contribution in [0.25, 0.3) is 11.3 Å². The molecule has 2 aromatic heterocycles. The molecule has 0 atom stereocenters. The van der Waals surface area contributed by atoms with Crippen LogP contribution in [0, 0.1) is 0 Å². The normalized spacial score (nSPS) is 20.2. The van der Waals surface area contributed by atoms with Gasteiger partial charge in [0.15, 0.2) is 5.69 Å². The second-order valence-corrected chi connectivity index (χ2v) is 11.8. The van der Waals surface area contributed by atoms with Crippen LogP contribution in [0.15, 0.2) is 12.3 Å². The minimum absolute atomic E-state index is 0.0812. The van der Waals surface area contributed by atoms with Gasteiger partial charge < -0.3 is 20.5 Å². The van der Waals surface area contributed by atoms with E-state index in [9.17, 15) is 27.1 Å². The lowest BCUT2D eigenvalue weighted by molar-refractivity contribution is -0.0494. The van der Waals surface area contributed by atoms with Crippen molar-refractivity contribution in [2.75, 3.05) is 24.7 Å². The zero-order chi connectivity index (χ0) is 27.4. The Morgan fingerprint density at radius 1 is 1.35 bits per heavy atom. The maximum atomic E-state index is 13.2. The Labute approximate surface area is 219 Å². The van der Waals surface area contributed by atoms with Gasteiger partial charge in [-0.2, -0.15) is 13.9 Å². The monoisotopic (exact) mass is 563 g/mol. The summed E-state index contributed by atoms with van der Waals surface area (Å²) in [7, 11) is -3.20. The Kier molecular flexibility index (Phi) is 9.35. The van der Waals surface area contributed by atoms with Crippen molar-refractivity contribution in [2.24, 2.45) is 0 Å². The molecule has 1 saturated carbocycles. The van der Waals surface area contributed by atoms with Gasteiger partial charge in [0.2, 0.25) is 0 Å². The number of carbonyl (C=O) groups is 1. The van der Waals surface area contributed by atoms with Crippen LogP contribution in [-0.4, -0.2) is 71.0 Å². The van der Waals surface area contributed by atoms with E-state index in [1.54, 1.807) is 6.92 Å². The summed E-state index contributed by atoms with van der Waals surface area (Å²) in [5.74, 6) is -0.497. The number of nitrogens with one attached hydrogen (secondary N) is 2. The molecule has 2 heterocycles. The number of ether oxygens (including phenoxy) is 1. The smallest absolute Gasteiger partial charge is 0.387 e. The highest BCUT2D eigenvalue weighted by molar-refractivity contribution is 7.91. The molecule has 37 heavy (non-hydrogen) atoms. The van der Waals surface area contributed by atoms with Gasteiger partial charge in [0.05, 0.1) is 27.1 Å². The van der Waals surface area contributed by atoms with E-state index in [0.717, 1.165) is 6.42 Å². The van der Waals surface area contributed by atoms with Crippen LogP contribution in [-0.2, 0) is 16.4 Å². The highest BCUT2D eigenvalue weighted by atomic mass is 35.5. The van der Waals surface area contributed by atoms with Gasteiger partial charge in [0.25, 0.3) is 5.91 Å². The average molecular weight is 564 g/mol. The quantitative estimate of drug-likeness (QED) is 0.378. The third kappa shape index (κ3) is 7.08. The first-order chi connectivity index (χ1) is 17.4. The number of aliphatic hydroxyl groups is 1. The number of aryl methyl sites for hydroxylation is 1. The molecule has 2 aromatic rings. The Morgan fingerprint density at radius 3 is 2.59 bits per heavy atom. The van der Waals surface area contributed by atoms with Crippen molar-refractivity contribution in [3.05, 3.63) is 23.0 Å². The molecule has 14 heteroatoms. The van der Waals surface area contributed by atoms with Gasteiger partial charge >= 0.3 is 6.61 Å². The molecule has 0 bridgehead atoms. The predicted octanol–water partition coefficient (Wildman–Crippen LogP) is 3.49. The second-order valence-electron chi connectivity index (χ2n) is 9.13. The molecular formula is C23H32ClF2N5O5S. The third-order valence-electron chi connectivity index (χ3n) is 6.35. The van der Waals surface area contributed by atoms with Crippen LogP contribution >= 0.6 is 11.6 Å². The topological polar surface area (TPSA) is 135 Å². The van der Waals surface area contributed by atoms with Crippen LogP contribution in [0.2, 0.25) is 5.02 Å². The van der Waals surface area contributed by atoms with E-state index >= 15 is 0 Å². The summed E-state index contributed by atoms with van der Waals surface area (Å²) in [5.41, 5.74) is -1.09. The number of rotatable bonds is 11. The number of carbonyl (C=O) groups excluding carboxylic acids is 1. The number of halogens is 3. The molecule has 0 radical (unpaired) electrons. The van der Waals surface area contributed by atoms with E-state index in [2.05, 4.69) is 20.7 Å². The maximum Gasteiger partial charge on any atom is 0.387 e. The van der Waals surface area contributed by atoms with Crippen LogP contribution in [0.5, 0.6) is 5.75 Å². The molecule has 0 aliphatic heterocycles. The van der Waals surface area contributed by atoms with Crippen molar-refractivity contribution < 1.29 is 31.8 Å². The van der Waals surface area contributed by atoms with Crippen molar-refractivity contribution >= 4 is 33.2 Å². The first kappa shape index (κ1) is 29.1. The predicted molar refractivity (Wildman–Crippen MR) is 136 cm³/mol. The summed E-state index contributed by atoms with van der Waals surface area (Å²) in [5, 5.41) is 20.1. The molecule has 10 nitrogen and oxygen atoms in total. The fourth-order valence-corrected chi connectivity index (χ4v) is 5.71. The Morgan fingerprint density at radius 2 is 2.03 bits per heavy atom. The van der Waals surface area contributed by atoms with Crippen molar-refractivity contribution in [3.63, 3.8) is 0 Å². The SMILES string of the molecule is CCCNc1cc(OC(F)F)c(-c2c(Cl)c(C(=O)NCC3(O)CCC(S(C)(=O)=O)CC3)nn2CC)cn1. The molecule has 1 amide bonds. The first-order valence-electron chi connectivity index (χ1n) is 12.0. The molecule has 3 rings (SSSR count). The summed E-state index contributed by atoms with van der Waals surface area (Å²) >= 11 is 6.54. The highest BCUT2D eigenvalue weighted by Crippen LogP contribution is 2.38. The summed E-state index contributed by atoms with van der Waals surface area (Å²) < 4.78 is 56.0. The molecule has 3 N–H and O–H groups in total. The second kappa shape index (κ2) is 11.9. The van der Waals surface area contributed by atoms with Gasteiger partial charge in [0, 0.05) is 38.2 Å². The first-order valence-corrected chi connectivity index (χ1v) is 14.4. The molecule has 0 saturated heterocycles. The van der Waals surface area contributed by atoms with Gasteiger partial charge in [-0.15, -0.1) is 0 Å². The van der Waals surface area contributed by atoms with E-state index in [1.807, 2.05) is 6.92 Å². The number of sulfone groups is 1. The zero-order valence-electron chi connectivity index (χ0n) is 20.9. The van der Waals surface area contributed by atoms with Crippen LogP contribution < -0.4 is 15.4 Å². The van der Waals surface area contributed by atoms with Gasteiger partial charge in [-0.25, -0.2) is 13.4 Å². The summed E-state index contributed by atoms with van der Waals surface area (Å²) in [6.07, 6.45) is 4.32. The van der Waals surface area contributed by atoms with Gasteiger partial charge in [-0.1, -0.05) is 18.5 Å². The van der Waals surface area contributed by atoms with E-state index in [4.69, 9.17) is 16.3 Å². The third-order valence-corrected chi connectivity index (χ3v) is 8.39.